The standard InChI is InChI=1S/C8H5FS2/c9-8-4-3-7(11-8)6-2-1-5-10-6/h1-5H. The van der Waals surface area contributed by atoms with Crippen molar-refractivity contribution < 1.29 is 4.39 Å². The molecule has 0 bridgehead atoms. The van der Waals surface area contributed by atoms with E-state index >= 15 is 0 Å². The molecule has 0 aliphatic heterocycles. The van der Waals surface area contributed by atoms with Crippen LogP contribution in [0.1, 0.15) is 0 Å². The molecular weight excluding hydrogens is 179 g/mol. The van der Waals surface area contributed by atoms with Crippen LogP contribution >= 0.6 is 22.7 Å². The summed E-state index contributed by atoms with van der Waals surface area (Å²) in [6, 6.07) is 7.28. The first kappa shape index (κ1) is 7.00. The Morgan fingerprint density at radius 1 is 1.09 bits per heavy atom. The number of hydrogen-bond acceptors (Lipinski definition) is 2. The highest BCUT2D eigenvalue weighted by Gasteiger charge is 2.01. The van der Waals surface area contributed by atoms with Crippen LogP contribution < -0.4 is 0 Å². The Hall–Kier alpha value is -0.670. The summed E-state index contributed by atoms with van der Waals surface area (Å²) in [5.41, 5.74) is 0. The van der Waals surface area contributed by atoms with Crippen molar-refractivity contribution in [3.8, 4) is 9.75 Å². The molecule has 0 saturated carbocycles. The molecule has 2 aromatic rings. The van der Waals surface area contributed by atoms with Crippen LogP contribution in [0.5, 0.6) is 0 Å². The largest absolute Gasteiger partial charge is 0.195 e. The lowest BCUT2D eigenvalue weighted by Crippen LogP contribution is -1.55. The Morgan fingerprint density at radius 3 is 2.55 bits per heavy atom. The molecule has 0 nitrogen and oxygen atoms in total. The van der Waals surface area contributed by atoms with Gasteiger partial charge in [0.1, 0.15) is 0 Å². The van der Waals surface area contributed by atoms with Crippen LogP contribution in [0.4, 0.5) is 4.39 Å². The molecule has 0 amide bonds. The van der Waals surface area contributed by atoms with Crippen LogP contribution in [-0.4, -0.2) is 0 Å². The number of halogens is 1. The van der Waals surface area contributed by atoms with Gasteiger partial charge in [0.2, 0.25) is 0 Å². The molecule has 2 aromatic heterocycles. The highest BCUT2D eigenvalue weighted by atomic mass is 32.1. The Kier molecular flexibility index (Phi) is 1.75. The first-order valence-corrected chi connectivity index (χ1v) is 4.85. The minimum Gasteiger partial charge on any atom is -0.195 e. The van der Waals surface area contributed by atoms with E-state index in [0.717, 1.165) is 9.75 Å². The number of rotatable bonds is 1. The van der Waals surface area contributed by atoms with Crippen molar-refractivity contribution in [3.63, 3.8) is 0 Å². The maximum absolute atomic E-state index is 12.5. The minimum absolute atomic E-state index is 0.117. The van der Waals surface area contributed by atoms with Crippen molar-refractivity contribution in [1.29, 1.82) is 0 Å². The van der Waals surface area contributed by atoms with Crippen molar-refractivity contribution in [2.45, 2.75) is 0 Å². The second-order valence-electron chi connectivity index (χ2n) is 2.08. The third-order valence-electron chi connectivity index (χ3n) is 1.34. The molecule has 3 heteroatoms. The van der Waals surface area contributed by atoms with E-state index in [1.54, 1.807) is 11.3 Å². The van der Waals surface area contributed by atoms with Gasteiger partial charge in [0.15, 0.2) is 5.13 Å². The van der Waals surface area contributed by atoms with Gasteiger partial charge in [-0.15, -0.1) is 22.7 Å². The summed E-state index contributed by atoms with van der Waals surface area (Å²) >= 11 is 2.82. The van der Waals surface area contributed by atoms with Gasteiger partial charge in [0, 0.05) is 9.75 Å². The molecule has 0 N–H and O–H groups in total. The zero-order valence-corrected chi connectivity index (χ0v) is 7.21. The SMILES string of the molecule is Fc1ccc(-c2cccs2)s1. The second kappa shape index (κ2) is 2.75. The van der Waals surface area contributed by atoms with E-state index < -0.39 is 0 Å². The van der Waals surface area contributed by atoms with Crippen molar-refractivity contribution in [1.82, 2.24) is 0 Å². The molecule has 0 spiro atoms. The van der Waals surface area contributed by atoms with Gasteiger partial charge in [0.05, 0.1) is 0 Å². The van der Waals surface area contributed by atoms with Crippen LogP contribution in [0.25, 0.3) is 9.75 Å². The predicted molar refractivity (Wildman–Crippen MR) is 47.6 cm³/mol. The van der Waals surface area contributed by atoms with Crippen LogP contribution in [0.2, 0.25) is 0 Å². The Labute approximate surface area is 71.9 Å². The Morgan fingerprint density at radius 2 is 2.00 bits per heavy atom. The quantitative estimate of drug-likeness (QED) is 0.635. The van der Waals surface area contributed by atoms with E-state index in [9.17, 15) is 4.39 Å². The molecule has 0 aliphatic rings. The summed E-state index contributed by atoms with van der Waals surface area (Å²) in [5.74, 6) is 0. The molecule has 2 heterocycles. The normalized spacial score (nSPS) is 10.3. The zero-order chi connectivity index (χ0) is 7.68. The van der Waals surface area contributed by atoms with Crippen LogP contribution in [0, 0.1) is 5.13 Å². The molecule has 0 atom stereocenters. The van der Waals surface area contributed by atoms with Gasteiger partial charge in [-0.2, -0.15) is 4.39 Å². The van der Waals surface area contributed by atoms with Gasteiger partial charge in [-0.05, 0) is 23.6 Å². The predicted octanol–water partition coefficient (Wildman–Crippen LogP) is 3.62. The molecule has 2 rings (SSSR count). The summed E-state index contributed by atoms with van der Waals surface area (Å²) in [4.78, 5) is 2.15. The van der Waals surface area contributed by atoms with E-state index in [4.69, 9.17) is 0 Å². The molecule has 0 saturated heterocycles. The maximum atomic E-state index is 12.5. The van der Waals surface area contributed by atoms with E-state index in [-0.39, 0.29) is 5.13 Å². The highest BCUT2D eigenvalue weighted by Crippen LogP contribution is 2.30. The zero-order valence-electron chi connectivity index (χ0n) is 5.58. The van der Waals surface area contributed by atoms with Gasteiger partial charge in [-0.1, -0.05) is 6.07 Å². The monoisotopic (exact) mass is 184 g/mol. The summed E-state index contributed by atoms with van der Waals surface area (Å²) in [6.07, 6.45) is 0. The topological polar surface area (TPSA) is 0 Å². The summed E-state index contributed by atoms with van der Waals surface area (Å²) in [5, 5.41) is 1.88. The first-order chi connectivity index (χ1) is 5.36. The molecule has 0 radical (unpaired) electrons. The number of hydrogen-bond donors (Lipinski definition) is 0. The van der Waals surface area contributed by atoms with Gasteiger partial charge in [-0.25, -0.2) is 0 Å². The van der Waals surface area contributed by atoms with Crippen LogP contribution in [0.15, 0.2) is 29.6 Å². The van der Waals surface area contributed by atoms with Crippen LogP contribution in [0.3, 0.4) is 0 Å². The first-order valence-electron chi connectivity index (χ1n) is 3.15. The molecule has 0 aliphatic carbocycles. The summed E-state index contributed by atoms with van der Waals surface area (Å²) < 4.78 is 12.5. The Balaban J connectivity index is 2.45. The van der Waals surface area contributed by atoms with Gasteiger partial charge < -0.3 is 0 Å². The van der Waals surface area contributed by atoms with E-state index in [0.29, 0.717) is 0 Å². The van der Waals surface area contributed by atoms with E-state index in [2.05, 4.69) is 0 Å². The smallest absolute Gasteiger partial charge is 0.177 e. The van der Waals surface area contributed by atoms with Crippen molar-refractivity contribution in [3.05, 3.63) is 34.8 Å². The van der Waals surface area contributed by atoms with Gasteiger partial charge in [0.25, 0.3) is 0 Å². The molecule has 56 valence electrons. The van der Waals surface area contributed by atoms with Crippen LogP contribution in [-0.2, 0) is 0 Å². The average Bonchev–Trinajstić information content (AvgIpc) is 2.55. The van der Waals surface area contributed by atoms with Gasteiger partial charge in [-0.3, -0.25) is 0 Å². The highest BCUT2D eigenvalue weighted by molar-refractivity contribution is 7.20. The van der Waals surface area contributed by atoms with Gasteiger partial charge >= 0.3 is 0 Å². The molecular formula is C8H5FS2. The third-order valence-corrected chi connectivity index (χ3v) is 3.28. The lowest BCUT2D eigenvalue weighted by Gasteiger charge is -1.85. The fourth-order valence-corrected chi connectivity index (χ4v) is 2.43. The molecule has 11 heavy (non-hydrogen) atoms. The van der Waals surface area contributed by atoms with Crippen molar-refractivity contribution in [2.75, 3.05) is 0 Å². The average molecular weight is 184 g/mol. The second-order valence-corrected chi connectivity index (χ2v) is 4.06. The lowest BCUT2D eigenvalue weighted by molar-refractivity contribution is 0.657. The van der Waals surface area contributed by atoms with Crippen molar-refractivity contribution >= 4 is 22.7 Å². The van der Waals surface area contributed by atoms with E-state index in [1.807, 2.05) is 23.6 Å². The summed E-state index contributed by atoms with van der Waals surface area (Å²) in [7, 11) is 0. The Bertz CT molecular complexity index is 335. The fraction of sp³-hybridized carbons (Fsp3) is 0. The molecule has 0 fully saturated rings. The maximum Gasteiger partial charge on any atom is 0.177 e. The summed E-state index contributed by atoms with van der Waals surface area (Å²) in [6.45, 7) is 0. The molecule has 0 unspecified atom stereocenters. The van der Waals surface area contributed by atoms with Crippen molar-refractivity contribution in [2.24, 2.45) is 0 Å². The molecule has 0 aromatic carbocycles. The minimum atomic E-state index is -0.117. The third kappa shape index (κ3) is 1.34. The fourth-order valence-electron chi connectivity index (χ4n) is 0.865. The number of thiophene rings is 2. The van der Waals surface area contributed by atoms with E-state index in [1.165, 1.54) is 17.4 Å². The lowest BCUT2D eigenvalue weighted by atomic mass is 10.4.